The summed E-state index contributed by atoms with van der Waals surface area (Å²) in [5.41, 5.74) is 0. The third-order valence-corrected chi connectivity index (χ3v) is 14.1. The number of quaternary nitrogens is 1. The van der Waals surface area contributed by atoms with Crippen molar-refractivity contribution in [2.24, 2.45) is 0 Å². The molecule has 0 fully saturated rings. The van der Waals surface area contributed by atoms with Crippen molar-refractivity contribution in [3.8, 4) is 0 Å². The summed E-state index contributed by atoms with van der Waals surface area (Å²) in [6.45, 7) is 3.93. The molecule has 2 unspecified atom stereocenters. The predicted octanol–water partition coefficient (Wildman–Crippen LogP) is 21.1. The molecule has 0 aliphatic heterocycles. The Morgan fingerprint density at radius 1 is 0.360 bits per heavy atom. The number of likely N-dealkylation sites (N-methyl/N-ethyl adjacent to an activating group) is 1. The van der Waals surface area contributed by atoms with Crippen molar-refractivity contribution in [1.29, 1.82) is 0 Å². The first-order valence-electron chi connectivity index (χ1n) is 33.1. The average Bonchev–Trinajstić information content (AvgIpc) is 3.70. The minimum Gasteiger partial charge on any atom is -0.756 e. The van der Waals surface area contributed by atoms with Gasteiger partial charge in [-0.05, 0) is 141 Å². The molecule has 0 saturated heterocycles. The van der Waals surface area contributed by atoms with Crippen molar-refractivity contribution in [3.05, 3.63) is 194 Å². The first kappa shape index (κ1) is 80.8. The van der Waals surface area contributed by atoms with E-state index in [9.17, 15) is 19.0 Å². The number of nitrogens with zero attached hydrogens (tertiary/aromatic N) is 1. The number of carbonyl (C=O) groups is 2. The molecule has 0 aromatic carbocycles. The summed E-state index contributed by atoms with van der Waals surface area (Å²) in [6, 6.07) is 0. The van der Waals surface area contributed by atoms with Crippen molar-refractivity contribution >= 4 is 19.8 Å². The minimum atomic E-state index is -4.67. The summed E-state index contributed by atoms with van der Waals surface area (Å²) in [4.78, 5) is 38.0. The molecule has 482 valence electrons. The summed E-state index contributed by atoms with van der Waals surface area (Å²) in [6.07, 6.45) is 101. The lowest BCUT2D eigenvalue weighted by molar-refractivity contribution is -0.870. The topological polar surface area (TPSA) is 111 Å². The van der Waals surface area contributed by atoms with Crippen LogP contribution < -0.4 is 4.89 Å². The summed E-state index contributed by atoms with van der Waals surface area (Å²) < 4.78 is 34.2. The maximum Gasteiger partial charge on any atom is 0.306 e. The first-order chi connectivity index (χ1) is 42.0. The molecule has 0 aromatic rings. The molecule has 0 amide bonds. The van der Waals surface area contributed by atoms with E-state index in [1.54, 1.807) is 0 Å². The number of hydrogen-bond acceptors (Lipinski definition) is 8. The van der Waals surface area contributed by atoms with E-state index < -0.39 is 32.5 Å². The largest absolute Gasteiger partial charge is 0.756 e. The van der Waals surface area contributed by atoms with E-state index in [0.717, 1.165) is 141 Å². The Labute approximate surface area is 526 Å². The van der Waals surface area contributed by atoms with Crippen molar-refractivity contribution in [3.63, 3.8) is 0 Å². The van der Waals surface area contributed by atoms with Gasteiger partial charge in [-0.15, -0.1) is 0 Å². The van der Waals surface area contributed by atoms with Crippen LogP contribution in [0.2, 0.25) is 0 Å². The number of phosphoric acid groups is 1. The third kappa shape index (κ3) is 68.0. The molecule has 0 aliphatic carbocycles. The molecule has 0 rings (SSSR count). The average molecular weight is 1210 g/mol. The van der Waals surface area contributed by atoms with E-state index in [0.29, 0.717) is 23.9 Å². The summed E-state index contributed by atoms with van der Waals surface area (Å²) in [5.74, 6) is -0.904. The molecule has 86 heavy (non-hydrogen) atoms. The second-order valence-corrected chi connectivity index (χ2v) is 23.8. The fraction of sp³-hybridized carbons (Fsp3) is 0.553. The summed E-state index contributed by atoms with van der Waals surface area (Å²) >= 11 is 0. The van der Waals surface area contributed by atoms with Crippen LogP contribution in [0.5, 0.6) is 0 Å². The molecule has 10 heteroatoms. The number of carbonyl (C=O) groups excluding carboxylic acids is 2. The van der Waals surface area contributed by atoms with E-state index >= 15 is 0 Å². The fourth-order valence-corrected chi connectivity index (χ4v) is 8.83. The van der Waals surface area contributed by atoms with Crippen LogP contribution in [0.15, 0.2) is 194 Å². The van der Waals surface area contributed by atoms with E-state index in [2.05, 4.69) is 208 Å². The van der Waals surface area contributed by atoms with Crippen LogP contribution in [-0.2, 0) is 32.7 Å². The van der Waals surface area contributed by atoms with Crippen LogP contribution in [-0.4, -0.2) is 70.0 Å². The molecule has 9 nitrogen and oxygen atoms in total. The van der Waals surface area contributed by atoms with Gasteiger partial charge in [-0.2, -0.15) is 0 Å². The number of hydrogen-bond donors (Lipinski definition) is 0. The van der Waals surface area contributed by atoms with Gasteiger partial charge in [0, 0.05) is 12.8 Å². The number of rotatable bonds is 58. The zero-order valence-corrected chi connectivity index (χ0v) is 55.6. The lowest BCUT2D eigenvalue weighted by Crippen LogP contribution is -2.37. The monoisotopic (exact) mass is 1210 g/mol. The van der Waals surface area contributed by atoms with Gasteiger partial charge >= 0.3 is 11.9 Å². The normalized spacial score (nSPS) is 14.4. The Hall–Kier alpha value is -5.15. The van der Waals surface area contributed by atoms with Crippen LogP contribution >= 0.6 is 7.82 Å². The van der Waals surface area contributed by atoms with E-state index in [1.807, 2.05) is 21.1 Å². The molecule has 0 N–H and O–H groups in total. The lowest BCUT2D eigenvalue weighted by atomic mass is 10.0. The quantitative estimate of drug-likeness (QED) is 0.0195. The predicted molar refractivity (Wildman–Crippen MR) is 369 cm³/mol. The SMILES string of the molecule is CC/C=C\C/C=C\C/C=C\C/C=C\C/C=C\C/C=C\C/C=C\C/C=C\C/C=C\C/C=C\CCCCCCCCCCCCC(=O)OC(COC(=O)CCCC/C=C\C/C=C\C/C=C\C/C=C\C/C=C\C/C=C\CC)COP(=O)([O-])OCC[N+](C)(C)C. The number of esters is 2. The second-order valence-electron chi connectivity index (χ2n) is 22.4. The Bertz CT molecular complexity index is 2150. The zero-order valence-electron chi connectivity index (χ0n) is 54.7. The summed E-state index contributed by atoms with van der Waals surface area (Å²) in [5, 5.41) is 0. The maximum absolute atomic E-state index is 12.8. The van der Waals surface area contributed by atoms with Gasteiger partial charge in [-0.25, -0.2) is 0 Å². The van der Waals surface area contributed by atoms with Gasteiger partial charge < -0.3 is 27.9 Å². The van der Waals surface area contributed by atoms with Crippen LogP contribution in [0.3, 0.4) is 0 Å². The highest BCUT2D eigenvalue weighted by Gasteiger charge is 2.22. The van der Waals surface area contributed by atoms with Crippen molar-refractivity contribution in [2.45, 2.75) is 225 Å². The van der Waals surface area contributed by atoms with E-state index in [-0.39, 0.29) is 26.1 Å². The highest BCUT2D eigenvalue weighted by Crippen LogP contribution is 2.38. The van der Waals surface area contributed by atoms with Crippen molar-refractivity contribution in [2.75, 3.05) is 47.5 Å². The van der Waals surface area contributed by atoms with Gasteiger partial charge in [0.2, 0.25) is 0 Å². The third-order valence-electron chi connectivity index (χ3n) is 13.1. The Kier molecular flexibility index (Phi) is 60.5. The van der Waals surface area contributed by atoms with Crippen LogP contribution in [0.25, 0.3) is 0 Å². The fourth-order valence-electron chi connectivity index (χ4n) is 8.10. The highest BCUT2D eigenvalue weighted by molar-refractivity contribution is 7.45. The number of unbranched alkanes of at least 4 members (excludes halogenated alkanes) is 12. The number of phosphoric ester groups is 1. The molecule has 0 aromatic heterocycles. The number of allylic oxidation sites excluding steroid dienone is 32. The lowest BCUT2D eigenvalue weighted by Gasteiger charge is -2.28. The van der Waals surface area contributed by atoms with Crippen LogP contribution in [0.4, 0.5) is 0 Å². The molecule has 0 bridgehead atoms. The van der Waals surface area contributed by atoms with Crippen molar-refractivity contribution < 1.29 is 42.1 Å². The highest BCUT2D eigenvalue weighted by atomic mass is 31.2. The Balaban J connectivity index is 4.17. The molecule has 0 radical (unpaired) electrons. The smallest absolute Gasteiger partial charge is 0.306 e. The molecule has 0 saturated carbocycles. The van der Waals surface area contributed by atoms with Gasteiger partial charge in [0.15, 0.2) is 6.10 Å². The molecule has 0 aliphatic rings. The van der Waals surface area contributed by atoms with Gasteiger partial charge in [-0.1, -0.05) is 260 Å². The van der Waals surface area contributed by atoms with Gasteiger partial charge in [-0.3, -0.25) is 14.2 Å². The molecular weight excluding hydrogens is 1090 g/mol. The van der Waals surface area contributed by atoms with Crippen LogP contribution in [0.1, 0.15) is 219 Å². The molecule has 0 heterocycles. The Morgan fingerprint density at radius 2 is 0.628 bits per heavy atom. The van der Waals surface area contributed by atoms with E-state index in [1.165, 1.54) is 38.5 Å². The molecular formula is C76H120NO8P. The Morgan fingerprint density at radius 3 is 0.953 bits per heavy atom. The number of ether oxygens (including phenoxy) is 2. The van der Waals surface area contributed by atoms with Crippen LogP contribution in [0, 0.1) is 0 Å². The van der Waals surface area contributed by atoms with Gasteiger partial charge in [0.25, 0.3) is 7.82 Å². The second kappa shape index (κ2) is 64.3. The first-order valence-corrected chi connectivity index (χ1v) is 34.6. The zero-order chi connectivity index (χ0) is 62.6. The van der Waals surface area contributed by atoms with Gasteiger partial charge in [0.1, 0.15) is 19.8 Å². The van der Waals surface area contributed by atoms with Gasteiger partial charge in [0.05, 0.1) is 27.7 Å². The maximum atomic E-state index is 12.8. The standard InChI is InChI=1S/C76H120NO8P/c1-6-8-10-12-14-16-18-20-22-24-26-28-29-30-31-32-33-34-35-36-37-38-39-40-41-42-43-44-45-46-47-49-51-53-55-57-59-61-63-65-67-69-76(79)85-74(73-84-86(80,81)83-71-70-77(3,4)5)72-82-75(78)68-66-64-62-60-58-56-54-52-50-48-27-25-23-21-19-17-15-13-11-9-7-2/h8-11,14-17,20-23,26-28,30-31,33-34,36-37,39-40,42-43,45-46,48,52,54,58,60,74H,6-7,12-13,18-19,24-25,29,32,35,38,41,44,47,49-51,53,55-57,59,61-73H2,1-5H3/b10-8-,11-9-,16-14-,17-15-,22-20-,23-21-,28-26-,31-30-,34-33-,37-36-,40-39-,43-42-,46-45-,48-27-,54-52-,60-58-. The summed E-state index contributed by atoms with van der Waals surface area (Å²) in [7, 11) is 1.11. The van der Waals surface area contributed by atoms with E-state index in [4.69, 9.17) is 18.5 Å². The molecule has 2 atom stereocenters. The van der Waals surface area contributed by atoms with Crippen molar-refractivity contribution in [1.82, 2.24) is 0 Å². The molecule has 0 spiro atoms. The minimum absolute atomic E-state index is 0.0496.